The summed E-state index contributed by atoms with van der Waals surface area (Å²) >= 11 is 0. The minimum Gasteiger partial charge on any atom is -0.497 e. The largest absolute Gasteiger partial charge is 0.497 e. The number of aliphatic carboxylic acids is 1. The number of benzene rings is 1. The van der Waals surface area contributed by atoms with Gasteiger partial charge in [0.1, 0.15) is 54.1 Å². The summed E-state index contributed by atoms with van der Waals surface area (Å²) in [7, 11) is 3.28. The molecule has 1 unspecified atom stereocenters. The molecule has 0 aromatic heterocycles. The number of amides is 11. The van der Waals surface area contributed by atoms with Crippen molar-refractivity contribution in [1.82, 2.24) is 47.4 Å². The molecule has 2 fully saturated rings. The number of hydrogen-bond donors (Lipinski definition) is 15. The van der Waals surface area contributed by atoms with Gasteiger partial charge in [-0.05, 0) is 56.2 Å². The molecule has 2 saturated heterocycles. The maximum atomic E-state index is 14.3. The van der Waals surface area contributed by atoms with Gasteiger partial charge < -0.3 is 91.7 Å². The van der Waals surface area contributed by atoms with Crippen molar-refractivity contribution in [3.05, 3.63) is 29.8 Å². The summed E-state index contributed by atoms with van der Waals surface area (Å²) in [6, 6.07) is -5.84. The van der Waals surface area contributed by atoms with E-state index in [2.05, 4.69) is 52.5 Å². The highest BCUT2D eigenvalue weighted by molar-refractivity contribution is 8.76. The van der Waals surface area contributed by atoms with E-state index in [1.54, 1.807) is 24.3 Å². The van der Waals surface area contributed by atoms with Crippen LogP contribution in [-0.2, 0) is 64.0 Å². The van der Waals surface area contributed by atoms with Crippen LogP contribution in [0.15, 0.2) is 34.3 Å². The lowest BCUT2D eigenvalue weighted by Crippen LogP contribution is -2.59. The molecule has 1 aromatic rings. The second-order valence-electron chi connectivity index (χ2n) is 17.8. The number of carboxylic acid groups (broad SMARTS) is 1. The first-order chi connectivity index (χ1) is 36.9. The molecule has 3 rings (SSSR count). The summed E-state index contributed by atoms with van der Waals surface area (Å²) in [5, 5.41) is 29.4. The molecule has 1 aromatic carbocycles. The van der Waals surface area contributed by atoms with Crippen molar-refractivity contribution in [1.29, 1.82) is 0 Å². The van der Waals surface area contributed by atoms with Gasteiger partial charge in [0.15, 0.2) is 11.9 Å². The van der Waals surface area contributed by atoms with Gasteiger partial charge >= 0.3 is 5.97 Å². The Morgan fingerprint density at radius 2 is 1.24 bits per heavy atom. The minimum atomic E-state index is -1.88. The number of nitrogens with zero attached hydrogens (tertiary/aromatic N) is 3. The fourth-order valence-corrected chi connectivity index (χ4v) is 10.1. The van der Waals surface area contributed by atoms with Crippen LogP contribution in [0.25, 0.3) is 0 Å². The van der Waals surface area contributed by atoms with Crippen molar-refractivity contribution in [3.8, 4) is 5.75 Å². The SMILES string of the molecule is COc1ccc(C[C@@H]2NC(=O)[C@H](CC(=O)O)NC(=O)CNC(=O)[C@H](CCCN=C(N)N)NC(=O)C3CCCN3C(=O)[C@H](CC(N)=O)NC(=O)[C@@H](NC(C)=O)CSSC[C@@H](C(N)=O)NC(=O)[C@H](CCCN=C(N)N)NC2=O)cc1. The zero-order chi connectivity index (χ0) is 58.1. The van der Waals surface area contributed by atoms with Crippen LogP contribution < -0.4 is 81.7 Å². The first kappa shape index (κ1) is 64.2. The Kier molecular flexibility index (Phi) is 26.7. The topological polar surface area (TPSA) is 515 Å². The Morgan fingerprint density at radius 3 is 1.81 bits per heavy atom. The first-order valence-electron chi connectivity index (χ1n) is 24.3. The van der Waals surface area contributed by atoms with E-state index in [4.69, 9.17) is 39.1 Å². The number of guanidine groups is 2. The number of fused-ring (bicyclic) bond motifs is 1. The average Bonchev–Trinajstić information content (AvgIpc) is 3.87. The number of nitrogens with two attached hydrogens (primary N) is 6. The van der Waals surface area contributed by atoms with Crippen molar-refractivity contribution in [2.75, 3.05) is 44.8 Å². The molecule has 2 heterocycles. The average molecular weight is 1140 g/mol. The molecule has 21 N–H and O–H groups in total. The number of aliphatic imine (C=N–C) groups is 2. The van der Waals surface area contributed by atoms with Crippen LogP contribution in [0, 0.1) is 0 Å². The molecule has 2 aliphatic rings. The normalized spacial score (nSPS) is 23.7. The lowest BCUT2D eigenvalue weighted by atomic mass is 10.0. The molecule has 0 radical (unpaired) electrons. The monoisotopic (exact) mass is 1140 g/mol. The highest BCUT2D eigenvalue weighted by atomic mass is 33.1. The van der Waals surface area contributed by atoms with Crippen molar-refractivity contribution < 1.29 is 67.4 Å². The van der Waals surface area contributed by atoms with Crippen LogP contribution in [0.2, 0.25) is 0 Å². The number of carbonyl (C=O) groups excluding carboxylic acids is 11. The van der Waals surface area contributed by atoms with E-state index in [9.17, 15) is 62.6 Å². The second kappa shape index (κ2) is 32.5. The van der Waals surface area contributed by atoms with E-state index in [1.165, 1.54) is 7.11 Å². The molecule has 33 heteroatoms. The van der Waals surface area contributed by atoms with E-state index in [1.807, 2.05) is 0 Å². The Bertz CT molecular complexity index is 2410. The van der Waals surface area contributed by atoms with Crippen molar-refractivity contribution >= 4 is 104 Å². The lowest BCUT2D eigenvalue weighted by Gasteiger charge is -2.30. The third kappa shape index (κ3) is 22.6. The van der Waals surface area contributed by atoms with E-state index < -0.39 is 139 Å². The van der Waals surface area contributed by atoms with E-state index in [0.717, 1.165) is 33.4 Å². The standard InChI is InChI=1S/C45H69N17O14S2/c1-22(63)55-31-21-78-77-20-30(36(47)68)61-38(70)26(7-4-14-53-45(50)51)57-39(71)27(16-23-9-11-24(76-2)12-10-23)59-40(72)28(18-35(66)67)56-34(65)19-54-37(69)25(6-3-13-52-44(48)49)58-42(74)32-8-5-15-62(32)43(75)29(17-33(46)64)60-41(31)73/h9-12,25-32H,3-8,13-21H2,1-2H3,(H2,46,64)(H2,47,68)(H,54,69)(H,55,63)(H,56,65)(H,57,71)(H,58,74)(H,59,72)(H,60,73)(H,61,70)(H,66,67)(H4,48,49,52)(H4,50,51,53)/t25-,26-,27-,28-,29-,30-,31-,32?/m0/s1. The molecule has 31 nitrogen and oxygen atoms in total. The molecule has 0 bridgehead atoms. The number of ether oxygens (including phenoxy) is 1. The molecule has 8 atom stereocenters. The molecular weight excluding hydrogens is 1070 g/mol. The summed E-state index contributed by atoms with van der Waals surface area (Å²) in [5.74, 6) is -12.7. The van der Waals surface area contributed by atoms with E-state index in [-0.39, 0.29) is 88.0 Å². The highest BCUT2D eigenvalue weighted by Crippen LogP contribution is 2.24. The molecule has 0 aliphatic carbocycles. The number of primary amides is 2. The zero-order valence-corrected chi connectivity index (χ0v) is 44.5. The molecule has 11 amide bonds. The van der Waals surface area contributed by atoms with Gasteiger partial charge in [0, 0.05) is 44.5 Å². The van der Waals surface area contributed by atoms with E-state index >= 15 is 0 Å². The smallest absolute Gasteiger partial charge is 0.305 e. The van der Waals surface area contributed by atoms with Gasteiger partial charge in [-0.3, -0.25) is 67.5 Å². The first-order valence-corrected chi connectivity index (χ1v) is 26.8. The molecule has 2 aliphatic heterocycles. The van der Waals surface area contributed by atoms with Crippen LogP contribution in [-0.4, -0.2) is 186 Å². The molecule has 78 heavy (non-hydrogen) atoms. The van der Waals surface area contributed by atoms with Crippen LogP contribution in [0.4, 0.5) is 0 Å². The quantitative estimate of drug-likeness (QED) is 0.0298. The van der Waals surface area contributed by atoms with Crippen LogP contribution in [0.3, 0.4) is 0 Å². The number of rotatable bonds is 17. The fraction of sp³-hybridized carbons (Fsp3) is 0.556. The summed E-state index contributed by atoms with van der Waals surface area (Å²) in [4.78, 5) is 170. The number of methoxy groups -OCH3 is 1. The molecule has 430 valence electrons. The third-order valence-corrected chi connectivity index (χ3v) is 14.0. The van der Waals surface area contributed by atoms with Gasteiger partial charge in [-0.2, -0.15) is 0 Å². The van der Waals surface area contributed by atoms with Gasteiger partial charge in [0.2, 0.25) is 65.0 Å². The van der Waals surface area contributed by atoms with Gasteiger partial charge in [-0.25, -0.2) is 0 Å². The maximum absolute atomic E-state index is 14.3. The van der Waals surface area contributed by atoms with Crippen LogP contribution in [0.1, 0.15) is 63.9 Å². The molecule has 0 saturated carbocycles. The van der Waals surface area contributed by atoms with Crippen molar-refractivity contribution in [3.63, 3.8) is 0 Å². The second-order valence-corrected chi connectivity index (χ2v) is 20.3. The highest BCUT2D eigenvalue weighted by Gasteiger charge is 2.40. The van der Waals surface area contributed by atoms with E-state index in [0.29, 0.717) is 11.3 Å². The summed E-state index contributed by atoms with van der Waals surface area (Å²) < 4.78 is 5.22. The number of nitrogens with one attached hydrogen (secondary N) is 8. The van der Waals surface area contributed by atoms with Crippen LogP contribution in [0.5, 0.6) is 5.75 Å². The van der Waals surface area contributed by atoms with Gasteiger partial charge in [-0.15, -0.1) is 0 Å². The Balaban J connectivity index is 2.13. The summed E-state index contributed by atoms with van der Waals surface area (Å²) in [6.45, 7) is 0.154. The van der Waals surface area contributed by atoms with Gasteiger partial charge in [0.25, 0.3) is 0 Å². The van der Waals surface area contributed by atoms with Crippen molar-refractivity contribution in [2.45, 2.75) is 113 Å². The lowest BCUT2D eigenvalue weighted by molar-refractivity contribution is -0.143. The fourth-order valence-electron chi connectivity index (χ4n) is 7.79. The Labute approximate surface area is 455 Å². The zero-order valence-electron chi connectivity index (χ0n) is 42.9. The van der Waals surface area contributed by atoms with Crippen LogP contribution >= 0.6 is 21.6 Å². The predicted molar refractivity (Wildman–Crippen MR) is 284 cm³/mol. The van der Waals surface area contributed by atoms with Gasteiger partial charge in [-0.1, -0.05) is 33.7 Å². The minimum absolute atomic E-state index is 0.00763. The third-order valence-electron chi connectivity index (χ3n) is 11.6. The van der Waals surface area contributed by atoms with Crippen molar-refractivity contribution in [2.24, 2.45) is 44.4 Å². The number of carbonyl (C=O) groups is 12. The number of carboxylic acids is 1. The molecular formula is C45H69N17O14S2. The number of hydrogen-bond acceptors (Lipinski definition) is 17. The van der Waals surface area contributed by atoms with Gasteiger partial charge in [0.05, 0.1) is 26.5 Å². The molecule has 0 spiro atoms. The predicted octanol–water partition coefficient (Wildman–Crippen LogP) is -6.90. The summed E-state index contributed by atoms with van der Waals surface area (Å²) in [6.07, 6.45) is -1.87. The maximum Gasteiger partial charge on any atom is 0.305 e. The Morgan fingerprint density at radius 1 is 0.692 bits per heavy atom. The Hall–Kier alpha value is -8.10. The summed E-state index contributed by atoms with van der Waals surface area (Å²) in [5.41, 5.74) is 33.5.